The molecule has 2 heterocycles. The predicted molar refractivity (Wildman–Crippen MR) is 84.3 cm³/mol. The Balaban J connectivity index is 2.19. The van der Waals surface area contributed by atoms with E-state index in [9.17, 15) is 14.7 Å². The van der Waals surface area contributed by atoms with Crippen molar-refractivity contribution in [2.45, 2.75) is 26.3 Å². The highest BCUT2D eigenvalue weighted by molar-refractivity contribution is 6.01. The average molecular weight is 301 g/mol. The summed E-state index contributed by atoms with van der Waals surface area (Å²) in [5, 5.41) is 10.5. The van der Waals surface area contributed by atoms with Crippen molar-refractivity contribution in [3.8, 4) is 0 Å². The lowest BCUT2D eigenvalue weighted by Crippen LogP contribution is -2.21. The Bertz CT molecular complexity index is 758. The number of aromatic nitrogens is 1. The van der Waals surface area contributed by atoms with Gasteiger partial charge in [0.2, 0.25) is 5.91 Å². The van der Waals surface area contributed by atoms with E-state index in [0.29, 0.717) is 0 Å². The fraction of sp³-hybridized carbons (Fsp3) is 0.375. The molecule has 2 aromatic rings. The smallest absolute Gasteiger partial charge is 0.337 e. The maximum Gasteiger partial charge on any atom is 0.337 e. The number of aromatic carboxylic acids is 1. The van der Waals surface area contributed by atoms with Crippen LogP contribution in [0.5, 0.6) is 0 Å². The van der Waals surface area contributed by atoms with E-state index in [-0.39, 0.29) is 12.1 Å². The number of amides is 1. The van der Waals surface area contributed by atoms with Crippen LogP contribution in [-0.2, 0) is 11.3 Å². The van der Waals surface area contributed by atoms with Gasteiger partial charge in [0.25, 0.3) is 0 Å². The second-order valence-corrected chi connectivity index (χ2v) is 5.77. The average Bonchev–Trinajstić information content (AvgIpc) is 3.06. The van der Waals surface area contributed by atoms with E-state index in [0.717, 1.165) is 48.2 Å². The van der Waals surface area contributed by atoms with Crippen LogP contribution in [0.2, 0.25) is 0 Å². The molecule has 3 N–H and O–H groups in total. The van der Waals surface area contributed by atoms with E-state index in [1.807, 2.05) is 19.1 Å². The molecule has 0 radical (unpaired) electrons. The first-order valence-electron chi connectivity index (χ1n) is 7.38. The van der Waals surface area contributed by atoms with E-state index >= 15 is 0 Å². The van der Waals surface area contributed by atoms with Crippen LogP contribution in [-0.4, -0.2) is 34.6 Å². The summed E-state index contributed by atoms with van der Waals surface area (Å²) in [6, 6.07) is 5.53. The van der Waals surface area contributed by atoms with Crippen molar-refractivity contribution in [2.75, 3.05) is 18.0 Å². The highest BCUT2D eigenvalue weighted by Gasteiger charge is 2.21. The second kappa shape index (κ2) is 5.36. The molecule has 0 bridgehead atoms. The van der Waals surface area contributed by atoms with E-state index in [1.54, 1.807) is 10.6 Å². The number of anilines is 1. The summed E-state index contributed by atoms with van der Waals surface area (Å²) in [6.07, 6.45) is 2.16. The first kappa shape index (κ1) is 14.4. The van der Waals surface area contributed by atoms with Crippen molar-refractivity contribution in [1.29, 1.82) is 0 Å². The largest absolute Gasteiger partial charge is 0.478 e. The topological polar surface area (TPSA) is 88.6 Å². The third kappa shape index (κ3) is 2.41. The predicted octanol–water partition coefficient (Wildman–Crippen LogP) is 1.73. The zero-order chi connectivity index (χ0) is 15.9. The summed E-state index contributed by atoms with van der Waals surface area (Å²) in [5.41, 5.74) is 7.95. The van der Waals surface area contributed by atoms with Gasteiger partial charge in [0.1, 0.15) is 6.54 Å². The van der Waals surface area contributed by atoms with E-state index < -0.39 is 11.9 Å². The number of nitrogens with zero attached hydrogens (tertiary/aromatic N) is 2. The van der Waals surface area contributed by atoms with E-state index in [2.05, 4.69) is 4.90 Å². The number of aryl methyl sites for hydroxylation is 1. The molecule has 1 aromatic carbocycles. The number of hydrogen-bond acceptors (Lipinski definition) is 3. The summed E-state index contributed by atoms with van der Waals surface area (Å²) in [7, 11) is 0. The summed E-state index contributed by atoms with van der Waals surface area (Å²) >= 11 is 0. The van der Waals surface area contributed by atoms with Crippen LogP contribution in [0, 0.1) is 6.92 Å². The zero-order valence-electron chi connectivity index (χ0n) is 12.5. The summed E-state index contributed by atoms with van der Waals surface area (Å²) in [6.45, 7) is 3.70. The van der Waals surface area contributed by atoms with Crippen LogP contribution in [0.3, 0.4) is 0 Å². The summed E-state index contributed by atoms with van der Waals surface area (Å²) in [4.78, 5) is 25.0. The molecule has 0 saturated carbocycles. The number of nitrogens with two attached hydrogens (primary N) is 1. The normalized spacial score (nSPS) is 14.7. The van der Waals surface area contributed by atoms with Crippen LogP contribution in [0.15, 0.2) is 18.2 Å². The fourth-order valence-electron chi connectivity index (χ4n) is 3.19. The highest BCUT2D eigenvalue weighted by atomic mass is 16.4. The van der Waals surface area contributed by atoms with Crippen molar-refractivity contribution in [3.63, 3.8) is 0 Å². The number of primary amides is 1. The molecule has 1 fully saturated rings. The third-order valence-corrected chi connectivity index (χ3v) is 4.22. The molecule has 6 heteroatoms. The van der Waals surface area contributed by atoms with Gasteiger partial charge >= 0.3 is 5.97 Å². The third-order valence-electron chi connectivity index (χ3n) is 4.22. The molecule has 6 nitrogen and oxygen atoms in total. The number of benzene rings is 1. The Morgan fingerprint density at radius 3 is 2.50 bits per heavy atom. The van der Waals surface area contributed by atoms with Crippen LogP contribution >= 0.6 is 0 Å². The monoisotopic (exact) mass is 301 g/mol. The quantitative estimate of drug-likeness (QED) is 0.900. The number of carbonyl (C=O) groups is 2. The van der Waals surface area contributed by atoms with Gasteiger partial charge in [-0.2, -0.15) is 0 Å². The van der Waals surface area contributed by atoms with Crippen LogP contribution in [0.4, 0.5) is 5.69 Å². The molecule has 0 unspecified atom stereocenters. The SMILES string of the molecule is Cc1cc2cc(N3CCCC3)c(C(=O)O)cc2n1CC(N)=O. The molecule has 1 aromatic heterocycles. The van der Waals surface area contributed by atoms with Crippen molar-refractivity contribution in [3.05, 3.63) is 29.5 Å². The minimum atomic E-state index is -0.951. The Morgan fingerprint density at radius 1 is 1.23 bits per heavy atom. The van der Waals surface area contributed by atoms with Crippen LogP contribution in [0.25, 0.3) is 10.9 Å². The van der Waals surface area contributed by atoms with Gasteiger partial charge in [-0.3, -0.25) is 4.79 Å². The number of rotatable bonds is 4. The van der Waals surface area contributed by atoms with Gasteiger partial charge in [-0.05, 0) is 38.0 Å². The number of fused-ring (bicyclic) bond motifs is 1. The van der Waals surface area contributed by atoms with Gasteiger partial charge in [-0.1, -0.05) is 0 Å². The first-order valence-corrected chi connectivity index (χ1v) is 7.38. The van der Waals surface area contributed by atoms with Crippen molar-refractivity contribution < 1.29 is 14.7 Å². The summed E-state index contributed by atoms with van der Waals surface area (Å²) in [5.74, 6) is -1.39. The number of hydrogen-bond donors (Lipinski definition) is 2. The minimum absolute atomic E-state index is 0.0530. The number of carboxylic acid groups (broad SMARTS) is 1. The zero-order valence-corrected chi connectivity index (χ0v) is 12.5. The lowest BCUT2D eigenvalue weighted by atomic mass is 10.1. The highest BCUT2D eigenvalue weighted by Crippen LogP contribution is 2.31. The maximum absolute atomic E-state index is 11.6. The Kier molecular flexibility index (Phi) is 3.52. The molecule has 0 spiro atoms. The van der Waals surface area contributed by atoms with Gasteiger partial charge in [0.15, 0.2) is 0 Å². The second-order valence-electron chi connectivity index (χ2n) is 5.77. The molecule has 0 aliphatic carbocycles. The van der Waals surface area contributed by atoms with Gasteiger partial charge < -0.3 is 20.3 Å². The van der Waals surface area contributed by atoms with Gasteiger partial charge in [0, 0.05) is 29.7 Å². The van der Waals surface area contributed by atoms with Crippen LogP contribution in [0.1, 0.15) is 28.9 Å². The van der Waals surface area contributed by atoms with E-state index in [4.69, 9.17) is 5.73 Å². The summed E-state index contributed by atoms with van der Waals surface area (Å²) < 4.78 is 1.76. The lowest BCUT2D eigenvalue weighted by Gasteiger charge is -2.20. The van der Waals surface area contributed by atoms with Gasteiger partial charge in [0.05, 0.1) is 11.3 Å². The Hall–Kier alpha value is -2.50. The fourth-order valence-corrected chi connectivity index (χ4v) is 3.19. The van der Waals surface area contributed by atoms with Gasteiger partial charge in [-0.25, -0.2) is 4.79 Å². The number of carboxylic acids is 1. The number of carbonyl (C=O) groups excluding carboxylic acids is 1. The molecule has 0 atom stereocenters. The van der Waals surface area contributed by atoms with Gasteiger partial charge in [-0.15, -0.1) is 0 Å². The molecule has 1 amide bonds. The molecule has 1 aliphatic heterocycles. The van der Waals surface area contributed by atoms with Crippen molar-refractivity contribution in [2.24, 2.45) is 5.73 Å². The molecular formula is C16H19N3O3. The molecule has 22 heavy (non-hydrogen) atoms. The maximum atomic E-state index is 11.6. The standard InChI is InChI=1S/C16H19N3O3/c1-10-6-11-7-14(18-4-2-3-5-18)12(16(21)22)8-13(11)19(10)9-15(17)20/h6-8H,2-5,9H2,1H3,(H2,17,20)(H,21,22). The lowest BCUT2D eigenvalue weighted by molar-refractivity contribution is -0.118. The molecule has 1 aliphatic rings. The van der Waals surface area contributed by atoms with Crippen molar-refractivity contribution >= 4 is 28.5 Å². The minimum Gasteiger partial charge on any atom is -0.478 e. The van der Waals surface area contributed by atoms with E-state index in [1.165, 1.54) is 0 Å². The van der Waals surface area contributed by atoms with Crippen molar-refractivity contribution in [1.82, 2.24) is 4.57 Å². The molecule has 116 valence electrons. The molecular weight excluding hydrogens is 282 g/mol. The van der Waals surface area contributed by atoms with Crippen LogP contribution < -0.4 is 10.6 Å². The molecule has 3 rings (SSSR count). The first-order chi connectivity index (χ1) is 10.5. The Morgan fingerprint density at radius 2 is 1.91 bits per heavy atom. The Labute approximate surface area is 128 Å². The molecule has 1 saturated heterocycles.